The number of phenolic OH excluding ortho intramolecular Hbond substituents is 1. The summed E-state index contributed by atoms with van der Waals surface area (Å²) in [4.78, 5) is 97.9. The fourth-order valence-electron chi connectivity index (χ4n) is 6.61. The second kappa shape index (κ2) is 23.4. The van der Waals surface area contributed by atoms with Gasteiger partial charge < -0.3 is 40.3 Å². The summed E-state index contributed by atoms with van der Waals surface area (Å²) < 4.78 is 11.6. The van der Waals surface area contributed by atoms with Crippen molar-refractivity contribution in [1.82, 2.24) is 25.8 Å². The first-order valence-corrected chi connectivity index (χ1v) is 20.5. The fourth-order valence-corrected chi connectivity index (χ4v) is 6.61. The molecular formula is C44H67N5O10. The van der Waals surface area contributed by atoms with Gasteiger partial charge in [-0.1, -0.05) is 65.3 Å². The van der Waals surface area contributed by atoms with E-state index in [-0.39, 0.29) is 41.9 Å². The average molecular weight is 826 g/mol. The molecule has 0 saturated carbocycles. The number of cyclic esters (lactones) is 2. The minimum atomic E-state index is -1.22. The van der Waals surface area contributed by atoms with Gasteiger partial charge >= 0.3 is 11.9 Å². The number of carbonyl (C=O) groups excluding carboxylic acids is 7. The number of rotatable bonds is 7. The molecule has 8 atom stereocenters. The van der Waals surface area contributed by atoms with Crippen molar-refractivity contribution < 1.29 is 48.1 Å². The Bertz CT molecular complexity index is 1710. The second-order valence-electron chi connectivity index (χ2n) is 16.3. The highest BCUT2D eigenvalue weighted by atomic mass is 16.6. The summed E-state index contributed by atoms with van der Waals surface area (Å²) in [5, 5.41) is 17.9. The maximum Gasteiger partial charge on any atom is 0.334 e. The molecule has 0 aliphatic carbocycles. The normalized spacial score (nSPS) is 27.5. The molecule has 0 fully saturated rings. The van der Waals surface area contributed by atoms with Gasteiger partial charge in [-0.25, -0.2) is 9.59 Å². The summed E-state index contributed by atoms with van der Waals surface area (Å²) in [7, 11) is 2.81. The quantitative estimate of drug-likeness (QED) is 0.230. The van der Waals surface area contributed by atoms with Gasteiger partial charge in [-0.15, -0.1) is 0 Å². The van der Waals surface area contributed by atoms with Crippen molar-refractivity contribution in [2.24, 2.45) is 17.8 Å². The number of phenols is 1. The molecule has 59 heavy (non-hydrogen) atoms. The van der Waals surface area contributed by atoms with Gasteiger partial charge in [-0.3, -0.25) is 24.0 Å². The molecule has 5 amide bonds. The Morgan fingerprint density at radius 2 is 1.51 bits per heavy atom. The summed E-state index contributed by atoms with van der Waals surface area (Å²) in [5.41, 5.74) is 1.68. The van der Waals surface area contributed by atoms with Crippen LogP contribution in [0.2, 0.25) is 0 Å². The molecule has 328 valence electrons. The lowest BCUT2D eigenvalue weighted by atomic mass is 9.93. The largest absolute Gasteiger partial charge is 0.508 e. The van der Waals surface area contributed by atoms with Crippen LogP contribution in [0.25, 0.3) is 0 Å². The second-order valence-corrected chi connectivity index (χ2v) is 16.3. The monoisotopic (exact) mass is 825 g/mol. The lowest BCUT2D eigenvalue weighted by molar-refractivity contribution is -0.154. The van der Waals surface area contributed by atoms with E-state index in [1.165, 1.54) is 45.0 Å². The van der Waals surface area contributed by atoms with E-state index in [0.717, 1.165) is 10.5 Å². The molecule has 4 N–H and O–H groups in total. The molecule has 2 rings (SSSR count). The van der Waals surface area contributed by atoms with E-state index in [1.54, 1.807) is 32.1 Å². The summed E-state index contributed by atoms with van der Waals surface area (Å²) in [6.07, 6.45) is 3.31. The van der Waals surface area contributed by atoms with Gasteiger partial charge in [0.2, 0.25) is 23.6 Å². The molecule has 2 unspecified atom stereocenters. The lowest BCUT2D eigenvalue weighted by Gasteiger charge is -2.33. The van der Waals surface area contributed by atoms with Crippen LogP contribution in [0, 0.1) is 17.8 Å². The maximum absolute atomic E-state index is 14.1. The fraction of sp³-hybridized carbons (Fsp3) is 0.614. The van der Waals surface area contributed by atoms with E-state index in [9.17, 15) is 38.7 Å². The van der Waals surface area contributed by atoms with Crippen molar-refractivity contribution >= 4 is 41.5 Å². The Morgan fingerprint density at radius 1 is 0.898 bits per heavy atom. The number of nitrogens with one attached hydrogen (secondary N) is 3. The minimum absolute atomic E-state index is 0.00506. The number of ether oxygens (including phenoxy) is 2. The number of amides is 5. The Balaban J connectivity index is 2.60. The molecule has 0 spiro atoms. The predicted octanol–water partition coefficient (Wildman–Crippen LogP) is 3.97. The third-order valence-electron chi connectivity index (χ3n) is 10.8. The van der Waals surface area contributed by atoms with E-state index in [1.807, 2.05) is 47.6 Å². The number of aromatic hydroxyl groups is 1. The number of nitrogens with zero attached hydrogens (tertiary/aromatic N) is 2. The highest BCUT2D eigenvalue weighted by Crippen LogP contribution is 2.23. The maximum atomic E-state index is 14.1. The first kappa shape index (κ1) is 49.9. The lowest BCUT2D eigenvalue weighted by Crippen LogP contribution is -2.57. The molecule has 15 nitrogen and oxygen atoms in total. The first-order valence-electron chi connectivity index (χ1n) is 20.5. The number of hydrogen-bond acceptors (Lipinski definition) is 10. The van der Waals surface area contributed by atoms with Gasteiger partial charge in [0.05, 0.1) is 6.54 Å². The number of benzene rings is 1. The molecule has 1 heterocycles. The third-order valence-corrected chi connectivity index (χ3v) is 10.8. The molecule has 1 aromatic carbocycles. The summed E-state index contributed by atoms with van der Waals surface area (Å²) in [5.74, 6) is -5.13. The minimum Gasteiger partial charge on any atom is -0.508 e. The first-order chi connectivity index (χ1) is 27.6. The Hall–Kier alpha value is -5.21. The van der Waals surface area contributed by atoms with Crippen LogP contribution in [-0.2, 0) is 49.5 Å². The summed E-state index contributed by atoms with van der Waals surface area (Å²) >= 11 is 0. The molecule has 0 bridgehead atoms. The number of hydrogen-bond donors (Lipinski definition) is 4. The summed E-state index contributed by atoms with van der Waals surface area (Å²) in [6, 6.07) is 1.65. The van der Waals surface area contributed by atoms with E-state index >= 15 is 0 Å². The van der Waals surface area contributed by atoms with Gasteiger partial charge in [0.1, 0.15) is 36.0 Å². The van der Waals surface area contributed by atoms with E-state index in [0.29, 0.717) is 24.8 Å². The molecule has 1 aliphatic heterocycles. The van der Waals surface area contributed by atoms with Crippen LogP contribution in [0.15, 0.2) is 47.6 Å². The van der Waals surface area contributed by atoms with Gasteiger partial charge in [-0.05, 0) is 94.9 Å². The summed E-state index contributed by atoms with van der Waals surface area (Å²) in [6.45, 7) is 17.0. The molecule has 0 radical (unpaired) electrons. The van der Waals surface area contributed by atoms with Crippen LogP contribution < -0.4 is 16.0 Å². The van der Waals surface area contributed by atoms with E-state index < -0.39 is 84.4 Å². The Kier molecular flexibility index (Phi) is 19.8. The zero-order valence-electron chi connectivity index (χ0n) is 36.9. The van der Waals surface area contributed by atoms with Crippen molar-refractivity contribution in [2.75, 3.05) is 20.6 Å². The van der Waals surface area contributed by atoms with Gasteiger partial charge in [-0.2, -0.15) is 0 Å². The van der Waals surface area contributed by atoms with Crippen molar-refractivity contribution in [3.05, 3.63) is 53.1 Å². The highest BCUT2D eigenvalue weighted by Gasteiger charge is 2.36. The van der Waals surface area contributed by atoms with Crippen LogP contribution >= 0.6 is 0 Å². The van der Waals surface area contributed by atoms with Crippen molar-refractivity contribution in [3.8, 4) is 5.75 Å². The Labute approximate surface area is 349 Å². The van der Waals surface area contributed by atoms with E-state index in [2.05, 4.69) is 16.0 Å². The molecule has 0 saturated heterocycles. The van der Waals surface area contributed by atoms with Crippen LogP contribution in [0.4, 0.5) is 0 Å². The molecular weight excluding hydrogens is 759 g/mol. The topological polar surface area (TPSA) is 201 Å². The van der Waals surface area contributed by atoms with Gasteiger partial charge in [0.15, 0.2) is 6.10 Å². The average Bonchev–Trinajstić information content (AvgIpc) is 3.18. The van der Waals surface area contributed by atoms with Crippen LogP contribution in [0.5, 0.6) is 5.75 Å². The number of esters is 2. The van der Waals surface area contributed by atoms with Crippen LogP contribution in [-0.4, -0.2) is 113 Å². The zero-order valence-corrected chi connectivity index (χ0v) is 36.9. The number of carbonyl (C=O) groups is 7. The highest BCUT2D eigenvalue weighted by molar-refractivity contribution is 5.96. The zero-order chi connectivity index (χ0) is 44.7. The van der Waals surface area contributed by atoms with Crippen molar-refractivity contribution in [3.63, 3.8) is 0 Å². The molecule has 0 aromatic heterocycles. The van der Waals surface area contributed by atoms with Crippen LogP contribution in [0.1, 0.15) is 100 Å². The molecule has 1 aromatic rings. The van der Waals surface area contributed by atoms with Gasteiger partial charge in [0, 0.05) is 26.1 Å². The standard InChI is InChI=1S/C44H67N5O10/c1-13-26(5)37-40(53)46-31(10)44(57)59-38(27(6)14-2)28(7)16-15-17-29(8)43(56)58-35(22-25(3)4)39(52)45-30(9)41(54)49(12)34(23-32-18-20-33(50)21-19-32)42(55)48(11)24-36(51)47-37/h14,17-21,25-26,28,30-31,34-35,37-38,50H,13,15-16,22-24H2,1-12H3,(H,45,52)(H,46,53)(H,47,51)/b27-14+,29-17+/t26?,28-,30-,31+,34+,35+,37?,38+/m0/s1. The third kappa shape index (κ3) is 15.2. The SMILES string of the molecule is C/C=C(\C)[C@H]1OC(=O)[C@@H](C)NC(=O)C(C(C)CC)NC(=O)CN(C)C(=O)[C@@H](Cc2ccc(O)cc2)N(C)C(=O)[C@H](C)NC(=O)[C@@H](CC(C)C)OC(=O)/C(C)=C/CC[C@@H]1C. The van der Waals surface area contributed by atoms with Crippen molar-refractivity contribution in [1.29, 1.82) is 0 Å². The molecule has 1 aliphatic rings. The smallest absolute Gasteiger partial charge is 0.334 e. The Morgan fingerprint density at radius 3 is 2.08 bits per heavy atom. The number of likely N-dealkylation sites (N-methyl/N-ethyl adjacent to an activating group) is 2. The molecule has 15 heteroatoms. The van der Waals surface area contributed by atoms with Gasteiger partial charge in [0.25, 0.3) is 5.91 Å². The predicted molar refractivity (Wildman–Crippen MR) is 223 cm³/mol. The van der Waals surface area contributed by atoms with Crippen LogP contribution in [0.3, 0.4) is 0 Å². The number of allylic oxidation sites excluding steroid dienone is 2. The van der Waals surface area contributed by atoms with Crippen molar-refractivity contribution in [2.45, 2.75) is 138 Å². The van der Waals surface area contributed by atoms with E-state index in [4.69, 9.17) is 9.47 Å².